The first-order valence-corrected chi connectivity index (χ1v) is 8.02. The molecule has 1 aromatic heterocycles. The third-order valence-corrected chi connectivity index (χ3v) is 4.44. The summed E-state index contributed by atoms with van der Waals surface area (Å²) in [6.45, 7) is 2.89. The molecule has 1 N–H and O–H groups in total. The van der Waals surface area contributed by atoms with Crippen LogP contribution in [0.25, 0.3) is 0 Å². The molecule has 20 heavy (non-hydrogen) atoms. The molecule has 0 saturated heterocycles. The second kappa shape index (κ2) is 7.79. The topological polar surface area (TPSA) is 39.1 Å². The molecular weight excluding hydrogens is 250 g/mol. The molecule has 1 aliphatic rings. The van der Waals surface area contributed by atoms with Crippen LogP contribution in [0.1, 0.15) is 44.7 Å². The number of aryl methyl sites for hydroxylation is 1. The second-order valence-electron chi connectivity index (χ2n) is 5.90. The van der Waals surface area contributed by atoms with E-state index >= 15 is 0 Å². The molecule has 4 heteroatoms. The third kappa shape index (κ3) is 4.06. The van der Waals surface area contributed by atoms with Crippen LogP contribution >= 0.6 is 0 Å². The normalized spacial score (nSPS) is 19.9. The van der Waals surface area contributed by atoms with E-state index in [-0.39, 0.29) is 0 Å². The summed E-state index contributed by atoms with van der Waals surface area (Å²) in [5.74, 6) is 0.699. The van der Waals surface area contributed by atoms with Crippen molar-refractivity contribution in [2.45, 2.75) is 57.6 Å². The highest BCUT2D eigenvalue weighted by Crippen LogP contribution is 2.30. The Hall–Kier alpha value is -0.870. The van der Waals surface area contributed by atoms with Gasteiger partial charge in [-0.25, -0.2) is 0 Å². The lowest BCUT2D eigenvalue weighted by Crippen LogP contribution is -2.46. The molecule has 0 aliphatic heterocycles. The standard InChI is InChI=1S/C16H29N3O/c1-4-20-16(13-8-6-5-7-9-13)15(17-2)12-14-10-11-19(3)18-14/h10-11,13,15-17H,4-9,12H2,1-3H3. The van der Waals surface area contributed by atoms with Gasteiger partial charge in [-0.05, 0) is 38.8 Å². The number of nitrogens with one attached hydrogen (secondary N) is 1. The first-order valence-electron chi connectivity index (χ1n) is 8.02. The average molecular weight is 279 g/mol. The van der Waals surface area contributed by atoms with Gasteiger partial charge in [0.15, 0.2) is 0 Å². The van der Waals surface area contributed by atoms with Crippen molar-refractivity contribution in [1.29, 1.82) is 0 Å². The summed E-state index contributed by atoms with van der Waals surface area (Å²) in [5, 5.41) is 7.97. The van der Waals surface area contributed by atoms with Crippen LogP contribution in [0.4, 0.5) is 0 Å². The zero-order valence-electron chi connectivity index (χ0n) is 13.1. The van der Waals surface area contributed by atoms with Crippen molar-refractivity contribution >= 4 is 0 Å². The molecule has 2 unspecified atom stereocenters. The van der Waals surface area contributed by atoms with E-state index in [1.165, 1.54) is 32.1 Å². The van der Waals surface area contributed by atoms with Gasteiger partial charge in [0.2, 0.25) is 0 Å². The summed E-state index contributed by atoms with van der Waals surface area (Å²) in [4.78, 5) is 0. The second-order valence-corrected chi connectivity index (χ2v) is 5.90. The van der Waals surface area contributed by atoms with Gasteiger partial charge in [0.05, 0.1) is 11.8 Å². The van der Waals surface area contributed by atoms with E-state index in [4.69, 9.17) is 4.74 Å². The fourth-order valence-electron chi connectivity index (χ4n) is 3.42. The van der Waals surface area contributed by atoms with E-state index in [0.29, 0.717) is 18.1 Å². The summed E-state index contributed by atoms with van der Waals surface area (Å²) < 4.78 is 7.99. The quantitative estimate of drug-likeness (QED) is 0.833. The smallest absolute Gasteiger partial charge is 0.0759 e. The van der Waals surface area contributed by atoms with Crippen LogP contribution in [0.2, 0.25) is 0 Å². The zero-order valence-corrected chi connectivity index (χ0v) is 13.1. The lowest BCUT2D eigenvalue weighted by Gasteiger charge is -2.35. The Morgan fingerprint density at radius 2 is 2.15 bits per heavy atom. The molecule has 1 saturated carbocycles. The third-order valence-electron chi connectivity index (χ3n) is 4.44. The highest BCUT2D eigenvalue weighted by Gasteiger charge is 2.30. The molecule has 2 rings (SSSR count). The van der Waals surface area contributed by atoms with Crippen LogP contribution in [-0.2, 0) is 18.2 Å². The first kappa shape index (κ1) is 15.5. The Labute approximate surface area is 122 Å². The van der Waals surface area contributed by atoms with Crippen LogP contribution in [0.5, 0.6) is 0 Å². The average Bonchev–Trinajstić information content (AvgIpc) is 2.89. The monoisotopic (exact) mass is 279 g/mol. The Bertz CT molecular complexity index is 385. The predicted molar refractivity (Wildman–Crippen MR) is 81.7 cm³/mol. The molecule has 0 bridgehead atoms. The van der Waals surface area contributed by atoms with Gasteiger partial charge in [0, 0.05) is 32.3 Å². The van der Waals surface area contributed by atoms with Gasteiger partial charge in [-0.2, -0.15) is 5.10 Å². The lowest BCUT2D eigenvalue weighted by molar-refractivity contribution is -0.0161. The van der Waals surface area contributed by atoms with Crippen molar-refractivity contribution in [3.63, 3.8) is 0 Å². The fraction of sp³-hybridized carbons (Fsp3) is 0.812. The number of rotatable bonds is 7. The summed E-state index contributed by atoms with van der Waals surface area (Å²) >= 11 is 0. The van der Waals surface area contributed by atoms with E-state index in [1.807, 2.05) is 25.0 Å². The summed E-state index contributed by atoms with van der Waals surface area (Å²) in [7, 11) is 4.02. The molecule has 0 amide bonds. The van der Waals surface area contributed by atoms with E-state index in [2.05, 4.69) is 23.4 Å². The van der Waals surface area contributed by atoms with E-state index in [0.717, 1.165) is 18.7 Å². The van der Waals surface area contributed by atoms with Crippen molar-refractivity contribution < 1.29 is 4.74 Å². The van der Waals surface area contributed by atoms with Crippen LogP contribution < -0.4 is 5.32 Å². The van der Waals surface area contributed by atoms with Crippen LogP contribution in [0.3, 0.4) is 0 Å². The summed E-state index contributed by atoms with van der Waals surface area (Å²) in [6.07, 6.45) is 9.99. The minimum Gasteiger partial charge on any atom is -0.377 e. The van der Waals surface area contributed by atoms with Crippen molar-refractivity contribution in [3.05, 3.63) is 18.0 Å². The number of likely N-dealkylation sites (N-methyl/N-ethyl adjacent to an activating group) is 1. The van der Waals surface area contributed by atoms with Crippen molar-refractivity contribution in [3.8, 4) is 0 Å². The maximum atomic E-state index is 6.12. The Morgan fingerprint density at radius 3 is 2.70 bits per heavy atom. The summed E-state index contributed by atoms with van der Waals surface area (Å²) in [6, 6.07) is 2.46. The maximum Gasteiger partial charge on any atom is 0.0759 e. The van der Waals surface area contributed by atoms with Gasteiger partial charge >= 0.3 is 0 Å². The van der Waals surface area contributed by atoms with Crippen molar-refractivity contribution in [2.24, 2.45) is 13.0 Å². The van der Waals surface area contributed by atoms with Crippen LogP contribution in [0.15, 0.2) is 12.3 Å². The van der Waals surface area contributed by atoms with Crippen molar-refractivity contribution in [2.75, 3.05) is 13.7 Å². The number of nitrogens with zero attached hydrogens (tertiary/aromatic N) is 2. The van der Waals surface area contributed by atoms with Gasteiger partial charge in [-0.3, -0.25) is 4.68 Å². The largest absolute Gasteiger partial charge is 0.377 e. The van der Waals surface area contributed by atoms with Crippen molar-refractivity contribution in [1.82, 2.24) is 15.1 Å². The molecule has 1 heterocycles. The van der Waals surface area contributed by atoms with Gasteiger partial charge in [-0.1, -0.05) is 19.3 Å². The Morgan fingerprint density at radius 1 is 1.40 bits per heavy atom. The minimum absolute atomic E-state index is 0.312. The zero-order chi connectivity index (χ0) is 14.4. The van der Waals surface area contributed by atoms with Gasteiger partial charge in [0.1, 0.15) is 0 Å². The highest BCUT2D eigenvalue weighted by atomic mass is 16.5. The van der Waals surface area contributed by atoms with Gasteiger partial charge in [0.25, 0.3) is 0 Å². The number of ether oxygens (including phenoxy) is 1. The number of aromatic nitrogens is 2. The summed E-state index contributed by atoms with van der Waals surface area (Å²) in [5.41, 5.74) is 1.15. The van der Waals surface area contributed by atoms with Gasteiger partial charge < -0.3 is 10.1 Å². The highest BCUT2D eigenvalue weighted by molar-refractivity contribution is 5.03. The molecule has 0 radical (unpaired) electrons. The number of hydrogen-bond acceptors (Lipinski definition) is 3. The maximum absolute atomic E-state index is 6.12. The first-order chi connectivity index (χ1) is 9.74. The number of hydrogen-bond donors (Lipinski definition) is 1. The lowest BCUT2D eigenvalue weighted by atomic mass is 9.81. The molecule has 1 fully saturated rings. The van der Waals surface area contributed by atoms with Gasteiger partial charge in [-0.15, -0.1) is 0 Å². The molecule has 0 spiro atoms. The molecular formula is C16H29N3O. The molecule has 2 atom stereocenters. The minimum atomic E-state index is 0.312. The SMILES string of the molecule is CCOC(C1CCCCC1)C(Cc1ccn(C)n1)NC. The molecule has 114 valence electrons. The van der Waals surface area contributed by atoms with E-state index < -0.39 is 0 Å². The molecule has 1 aromatic rings. The Kier molecular flexibility index (Phi) is 6.05. The van der Waals surface area contributed by atoms with Crippen LogP contribution in [-0.4, -0.2) is 35.6 Å². The van der Waals surface area contributed by atoms with Crippen LogP contribution in [0, 0.1) is 5.92 Å². The fourth-order valence-corrected chi connectivity index (χ4v) is 3.42. The van der Waals surface area contributed by atoms with E-state index in [1.54, 1.807) is 0 Å². The molecule has 1 aliphatic carbocycles. The molecule has 0 aromatic carbocycles. The Balaban J connectivity index is 2.03. The van der Waals surface area contributed by atoms with E-state index in [9.17, 15) is 0 Å². The predicted octanol–water partition coefficient (Wildman–Crippen LogP) is 2.54. The molecule has 4 nitrogen and oxygen atoms in total.